The van der Waals surface area contributed by atoms with Gasteiger partial charge in [-0.3, -0.25) is 14.8 Å². The number of carbonyl (C=O) groups excluding carboxylic acids is 1. The van der Waals surface area contributed by atoms with Gasteiger partial charge >= 0.3 is 0 Å². The van der Waals surface area contributed by atoms with E-state index in [0.717, 1.165) is 11.1 Å². The minimum Gasteiger partial charge on any atom is -0.360 e. The molecule has 8 nitrogen and oxygen atoms in total. The number of halogens is 1. The zero-order valence-electron chi connectivity index (χ0n) is 16.5. The maximum absolute atomic E-state index is 14.5. The van der Waals surface area contributed by atoms with Gasteiger partial charge in [-0.1, -0.05) is 18.7 Å². The van der Waals surface area contributed by atoms with Crippen molar-refractivity contribution in [1.29, 1.82) is 0 Å². The summed E-state index contributed by atoms with van der Waals surface area (Å²) in [5.74, 6) is -0.620. The molecule has 0 aromatic carbocycles. The van der Waals surface area contributed by atoms with Crippen LogP contribution >= 0.6 is 0 Å². The van der Waals surface area contributed by atoms with Crippen LogP contribution in [0.1, 0.15) is 21.7 Å². The quantitative estimate of drug-likeness (QED) is 0.505. The van der Waals surface area contributed by atoms with Crippen LogP contribution in [0.15, 0.2) is 61.2 Å². The molecule has 0 unspecified atom stereocenters. The van der Waals surface area contributed by atoms with Gasteiger partial charge in [0.1, 0.15) is 17.7 Å². The molecule has 4 aromatic rings. The fraction of sp³-hybridized carbons (Fsp3) is 0.0909. The van der Waals surface area contributed by atoms with Gasteiger partial charge in [0.15, 0.2) is 0 Å². The summed E-state index contributed by atoms with van der Waals surface area (Å²) < 4.78 is 16.0. The maximum Gasteiger partial charge on any atom is 0.272 e. The van der Waals surface area contributed by atoms with Gasteiger partial charge < -0.3 is 10.2 Å². The van der Waals surface area contributed by atoms with Crippen LogP contribution < -0.4 is 5.32 Å². The second-order valence-corrected chi connectivity index (χ2v) is 6.64. The van der Waals surface area contributed by atoms with E-state index in [-0.39, 0.29) is 17.9 Å². The van der Waals surface area contributed by atoms with Gasteiger partial charge in [0, 0.05) is 24.0 Å². The van der Waals surface area contributed by atoms with E-state index in [9.17, 15) is 9.18 Å². The van der Waals surface area contributed by atoms with Crippen molar-refractivity contribution in [2.75, 3.05) is 0 Å². The SMILES string of the molecule is [C-]#[N+]c1ncc(-c2ccn(-c3cnc(CNC(=O)c4ccccn4)c(F)c3)n2)cc1C. The van der Waals surface area contributed by atoms with Crippen LogP contribution in [0.5, 0.6) is 0 Å². The van der Waals surface area contributed by atoms with Crippen molar-refractivity contribution in [3.05, 3.63) is 95.4 Å². The lowest BCUT2D eigenvalue weighted by molar-refractivity contribution is 0.0945. The molecule has 0 radical (unpaired) electrons. The minimum absolute atomic E-state index is 0.0653. The molecule has 9 heteroatoms. The van der Waals surface area contributed by atoms with Gasteiger partial charge in [0.25, 0.3) is 11.7 Å². The fourth-order valence-electron chi connectivity index (χ4n) is 2.91. The number of nitrogens with one attached hydrogen (secondary N) is 1. The summed E-state index contributed by atoms with van der Waals surface area (Å²) in [6.07, 6.45) is 6.26. The first-order valence-electron chi connectivity index (χ1n) is 9.29. The highest BCUT2D eigenvalue weighted by atomic mass is 19.1. The van der Waals surface area contributed by atoms with Gasteiger partial charge in [0.2, 0.25) is 0 Å². The number of pyridine rings is 3. The Balaban J connectivity index is 1.49. The molecule has 0 aliphatic heterocycles. The summed E-state index contributed by atoms with van der Waals surface area (Å²) in [7, 11) is 0. The van der Waals surface area contributed by atoms with Gasteiger partial charge in [0.05, 0.1) is 29.8 Å². The summed E-state index contributed by atoms with van der Waals surface area (Å²) in [4.78, 5) is 27.6. The number of hydrogen-bond acceptors (Lipinski definition) is 5. The van der Waals surface area contributed by atoms with E-state index in [2.05, 4.69) is 30.2 Å². The normalized spacial score (nSPS) is 10.5. The smallest absolute Gasteiger partial charge is 0.272 e. The predicted octanol–water partition coefficient (Wildman–Crippen LogP) is 3.65. The van der Waals surface area contributed by atoms with Gasteiger partial charge in [-0.25, -0.2) is 9.07 Å². The van der Waals surface area contributed by atoms with Crippen molar-refractivity contribution in [2.24, 2.45) is 0 Å². The van der Waals surface area contributed by atoms with Crippen molar-refractivity contribution in [3.63, 3.8) is 0 Å². The van der Waals surface area contributed by atoms with Crippen LogP contribution in [0.4, 0.5) is 10.2 Å². The molecule has 0 atom stereocenters. The van der Waals surface area contributed by atoms with Crippen molar-refractivity contribution in [1.82, 2.24) is 30.0 Å². The minimum atomic E-state index is -0.560. The first-order valence-corrected chi connectivity index (χ1v) is 9.29. The molecule has 0 aliphatic rings. The fourth-order valence-corrected chi connectivity index (χ4v) is 2.91. The van der Waals surface area contributed by atoms with Crippen LogP contribution in [0.25, 0.3) is 21.8 Å². The molecule has 4 heterocycles. The average Bonchev–Trinajstić information content (AvgIpc) is 3.29. The van der Waals surface area contributed by atoms with Gasteiger partial charge in [-0.05, 0) is 30.7 Å². The third kappa shape index (κ3) is 4.28. The highest BCUT2D eigenvalue weighted by Crippen LogP contribution is 2.23. The van der Waals surface area contributed by atoms with E-state index in [4.69, 9.17) is 6.57 Å². The molecule has 0 aliphatic carbocycles. The molecular formula is C22H16FN7O. The molecule has 0 bridgehead atoms. The number of amides is 1. The molecule has 4 aromatic heterocycles. The lowest BCUT2D eigenvalue weighted by Crippen LogP contribution is -2.24. The van der Waals surface area contributed by atoms with Crippen molar-refractivity contribution < 1.29 is 9.18 Å². The second kappa shape index (κ2) is 8.51. The largest absolute Gasteiger partial charge is 0.360 e. The number of hydrogen-bond donors (Lipinski definition) is 1. The van der Waals surface area contributed by atoms with E-state index < -0.39 is 11.7 Å². The molecule has 1 N–H and O–H groups in total. The molecular weight excluding hydrogens is 397 g/mol. The van der Waals surface area contributed by atoms with Crippen LogP contribution in [0.2, 0.25) is 0 Å². The van der Waals surface area contributed by atoms with Crippen molar-refractivity contribution in [3.8, 4) is 16.9 Å². The zero-order valence-corrected chi connectivity index (χ0v) is 16.5. The Morgan fingerprint density at radius 3 is 2.77 bits per heavy atom. The molecule has 0 fully saturated rings. The number of aryl methyl sites for hydroxylation is 1. The molecule has 0 spiro atoms. The number of nitrogens with zero attached hydrogens (tertiary/aromatic N) is 6. The van der Waals surface area contributed by atoms with Crippen molar-refractivity contribution >= 4 is 11.7 Å². The van der Waals surface area contributed by atoms with Crippen molar-refractivity contribution in [2.45, 2.75) is 13.5 Å². The summed E-state index contributed by atoms with van der Waals surface area (Å²) >= 11 is 0. The Hall–Kier alpha value is -4.45. The molecule has 0 saturated carbocycles. The third-order valence-corrected chi connectivity index (χ3v) is 4.52. The van der Waals surface area contributed by atoms with Crippen LogP contribution in [-0.4, -0.2) is 30.6 Å². The van der Waals surface area contributed by atoms with Crippen LogP contribution in [-0.2, 0) is 6.54 Å². The Morgan fingerprint density at radius 2 is 2.06 bits per heavy atom. The zero-order chi connectivity index (χ0) is 21.8. The summed E-state index contributed by atoms with van der Waals surface area (Å²) in [5, 5.41) is 7.05. The third-order valence-electron chi connectivity index (χ3n) is 4.52. The molecule has 152 valence electrons. The monoisotopic (exact) mass is 413 g/mol. The average molecular weight is 413 g/mol. The number of aromatic nitrogens is 5. The van der Waals surface area contributed by atoms with Gasteiger partial charge in [-0.2, -0.15) is 5.10 Å². The Morgan fingerprint density at radius 1 is 1.19 bits per heavy atom. The summed E-state index contributed by atoms with van der Waals surface area (Å²) in [6.45, 7) is 8.83. The van der Waals surface area contributed by atoms with E-state index in [1.165, 1.54) is 23.1 Å². The summed E-state index contributed by atoms with van der Waals surface area (Å²) in [5.41, 5.74) is 2.94. The topological polar surface area (TPSA) is 90.0 Å². The molecule has 4 rings (SSSR count). The highest BCUT2D eigenvalue weighted by molar-refractivity contribution is 5.92. The molecule has 0 saturated heterocycles. The Labute approximate surface area is 177 Å². The first-order chi connectivity index (χ1) is 15.0. The first kappa shape index (κ1) is 19.8. The molecule has 31 heavy (non-hydrogen) atoms. The van der Waals surface area contributed by atoms with E-state index in [1.54, 1.807) is 36.7 Å². The van der Waals surface area contributed by atoms with E-state index in [1.807, 2.05) is 13.0 Å². The Kier molecular flexibility index (Phi) is 5.45. The lowest BCUT2D eigenvalue weighted by Gasteiger charge is -2.07. The van der Waals surface area contributed by atoms with Crippen LogP contribution in [0.3, 0.4) is 0 Å². The predicted molar refractivity (Wildman–Crippen MR) is 111 cm³/mol. The lowest BCUT2D eigenvalue weighted by atomic mass is 10.1. The number of rotatable bonds is 5. The summed E-state index contributed by atoms with van der Waals surface area (Å²) in [6, 6.07) is 9.88. The Bertz CT molecular complexity index is 1290. The number of carbonyl (C=O) groups is 1. The van der Waals surface area contributed by atoms with E-state index >= 15 is 0 Å². The standard InChI is InChI=1S/C22H16FN7O/c1-14-9-15(11-27-21(14)24-2)18-6-8-30(29-18)16-10-17(23)20(26-12-16)13-28-22(31)19-5-3-4-7-25-19/h3-12H,13H2,1H3,(H,28,31). The highest BCUT2D eigenvalue weighted by Gasteiger charge is 2.12. The van der Waals surface area contributed by atoms with Crippen LogP contribution in [0, 0.1) is 19.3 Å². The van der Waals surface area contributed by atoms with Gasteiger partial charge in [-0.15, -0.1) is 4.98 Å². The molecule has 1 amide bonds. The second-order valence-electron chi connectivity index (χ2n) is 6.64. The van der Waals surface area contributed by atoms with E-state index in [0.29, 0.717) is 17.2 Å². The maximum atomic E-state index is 14.5.